The van der Waals surface area contributed by atoms with Crippen molar-refractivity contribution >= 4 is 59.4 Å². The molecule has 6 heteroatoms. The van der Waals surface area contributed by atoms with E-state index in [1.54, 1.807) is 0 Å². The normalized spacial score (nSPS) is 12.6. The molecular formula is C49H60IrNO2S2-. The molecular weight excluding hydrogens is 891 g/mol. The molecule has 0 aliphatic heterocycles. The first-order chi connectivity index (χ1) is 25.5. The van der Waals surface area contributed by atoms with Crippen LogP contribution in [0.25, 0.3) is 52.0 Å². The Bertz CT molecular complexity index is 2290. The van der Waals surface area contributed by atoms with Gasteiger partial charge >= 0.3 is 0 Å². The second kappa shape index (κ2) is 18.0. The van der Waals surface area contributed by atoms with Crippen LogP contribution in [0.4, 0.5) is 0 Å². The van der Waals surface area contributed by atoms with E-state index in [1.165, 1.54) is 58.1 Å². The third kappa shape index (κ3) is 9.53. The summed E-state index contributed by atoms with van der Waals surface area (Å²) >= 11 is 3.77. The van der Waals surface area contributed by atoms with Gasteiger partial charge in [0.15, 0.2) is 5.78 Å². The minimum atomic E-state index is -0.337. The van der Waals surface area contributed by atoms with Crippen molar-refractivity contribution in [2.24, 2.45) is 16.7 Å². The number of allylic oxidation sites excluding steroid dienone is 2. The number of aliphatic hydroxyl groups excluding tert-OH is 1. The summed E-state index contributed by atoms with van der Waals surface area (Å²) in [5, 5.41) is 15.2. The summed E-state index contributed by atoms with van der Waals surface area (Å²) in [6, 6.07) is 26.1. The summed E-state index contributed by atoms with van der Waals surface area (Å²) in [5.74, 6) is 0.948. The van der Waals surface area contributed by atoms with Gasteiger partial charge in [0.25, 0.3) is 0 Å². The van der Waals surface area contributed by atoms with Gasteiger partial charge in [-0.2, -0.15) is 0 Å². The van der Waals surface area contributed by atoms with Crippen LogP contribution in [0.2, 0.25) is 0 Å². The summed E-state index contributed by atoms with van der Waals surface area (Å²) in [6.07, 6.45) is 7.82. The van der Waals surface area contributed by atoms with Gasteiger partial charge in [0, 0.05) is 68.1 Å². The number of fused-ring (bicyclic) bond motifs is 3. The third-order valence-electron chi connectivity index (χ3n) is 11.7. The number of hydrogen-bond donors (Lipinski definition) is 1. The molecule has 0 bridgehead atoms. The van der Waals surface area contributed by atoms with Crippen LogP contribution < -0.4 is 0 Å². The Balaban J connectivity index is 0.000000320. The Labute approximate surface area is 352 Å². The van der Waals surface area contributed by atoms with E-state index < -0.39 is 0 Å². The number of aliphatic hydroxyl groups is 1. The molecule has 295 valence electrons. The zero-order valence-electron chi connectivity index (χ0n) is 35.0. The fourth-order valence-electron chi connectivity index (χ4n) is 7.03. The molecule has 3 heterocycles. The van der Waals surface area contributed by atoms with Gasteiger partial charge in [-0.15, -0.1) is 51.8 Å². The molecule has 0 amide bonds. The fraction of sp³-hybridized carbons (Fsp3) is 0.429. The average molecular weight is 951 g/mol. The smallest absolute Gasteiger partial charge is 0.164 e. The molecule has 0 aliphatic rings. The van der Waals surface area contributed by atoms with Gasteiger partial charge in [0.1, 0.15) is 5.76 Å². The van der Waals surface area contributed by atoms with Crippen molar-refractivity contribution in [2.45, 2.75) is 121 Å². The molecule has 3 nitrogen and oxygen atoms in total. The van der Waals surface area contributed by atoms with Crippen molar-refractivity contribution in [3.8, 4) is 21.0 Å². The molecule has 0 saturated carbocycles. The Morgan fingerprint density at radius 1 is 0.855 bits per heavy atom. The number of ketones is 1. The Kier molecular flexibility index (Phi) is 14.6. The van der Waals surface area contributed by atoms with E-state index in [0.29, 0.717) is 5.92 Å². The van der Waals surface area contributed by atoms with Gasteiger partial charge in [-0.25, -0.2) is 0 Å². The Morgan fingerprint density at radius 2 is 1.51 bits per heavy atom. The summed E-state index contributed by atoms with van der Waals surface area (Å²) in [6.45, 7) is 25.8. The van der Waals surface area contributed by atoms with E-state index in [-0.39, 0.29) is 47.9 Å². The molecule has 3 aromatic heterocycles. The maximum absolute atomic E-state index is 12.2. The zero-order valence-corrected chi connectivity index (χ0v) is 39.0. The molecule has 1 N–H and O–H groups in total. The van der Waals surface area contributed by atoms with Crippen molar-refractivity contribution in [1.82, 2.24) is 4.98 Å². The predicted octanol–water partition coefficient (Wildman–Crippen LogP) is 15.3. The average Bonchev–Trinajstić information content (AvgIpc) is 3.73. The molecule has 0 atom stereocenters. The molecule has 0 unspecified atom stereocenters. The second-order valence-electron chi connectivity index (χ2n) is 17.0. The van der Waals surface area contributed by atoms with Crippen LogP contribution in [0.3, 0.4) is 0 Å². The standard InChI is InChI=1S/C34H32NS2.C15H28O2.Ir/c1-20(2)15-22-11-12-29-27(16-22)21(3)32(36-29)30-19-24-13-14-35-31(33(24)37-30)25-17-23-9-7-8-10-26(23)28(18-25)34(4,5)6;1-7-14(5,8-2)12(16)11-13(17)15(6,9-3)10-4;/h7-14,16,18-20H,15H2,1-6H3;11,16H,7-10H2,1-6H3;/q-1;;/b;12-11-;. The topological polar surface area (TPSA) is 50.2 Å². The van der Waals surface area contributed by atoms with Crippen LogP contribution in [0.15, 0.2) is 78.7 Å². The fourth-order valence-corrected chi connectivity index (χ4v) is 9.54. The minimum absolute atomic E-state index is 0. The van der Waals surface area contributed by atoms with E-state index in [2.05, 4.69) is 108 Å². The summed E-state index contributed by atoms with van der Waals surface area (Å²) < 4.78 is 2.61. The van der Waals surface area contributed by atoms with E-state index in [0.717, 1.165) is 48.7 Å². The van der Waals surface area contributed by atoms with Crippen molar-refractivity contribution in [2.75, 3.05) is 0 Å². The number of carbonyl (C=O) groups excluding carboxylic acids is 1. The molecule has 1 radical (unpaired) electrons. The molecule has 55 heavy (non-hydrogen) atoms. The first kappa shape index (κ1) is 44.6. The van der Waals surface area contributed by atoms with Gasteiger partial charge in [-0.05, 0) is 90.5 Å². The first-order valence-electron chi connectivity index (χ1n) is 19.8. The number of aryl methyl sites for hydroxylation is 1. The van der Waals surface area contributed by atoms with E-state index >= 15 is 0 Å². The van der Waals surface area contributed by atoms with Crippen LogP contribution >= 0.6 is 22.7 Å². The molecule has 3 aromatic carbocycles. The van der Waals surface area contributed by atoms with E-state index in [1.807, 2.05) is 70.4 Å². The Hall–Kier alpha value is -3.15. The van der Waals surface area contributed by atoms with E-state index in [4.69, 9.17) is 4.98 Å². The number of aromatic nitrogens is 1. The van der Waals surface area contributed by atoms with Crippen LogP contribution in [0.1, 0.15) is 119 Å². The molecule has 6 rings (SSSR count). The zero-order chi connectivity index (χ0) is 39.6. The van der Waals surface area contributed by atoms with Crippen molar-refractivity contribution < 1.29 is 30.0 Å². The largest absolute Gasteiger partial charge is 0.512 e. The van der Waals surface area contributed by atoms with Crippen LogP contribution in [0, 0.1) is 29.7 Å². The SMILES string of the molecule is CCC(C)(CC)C(=O)/C=C(\O)C(C)(CC)CC.Cc1c(-c2cc3ccnc(-c4[c-]c5ccccc5c(C(C)(C)C)c4)c3s2)sc2ccc(CC(C)C)cc12.[Ir]. The monoisotopic (exact) mass is 951 g/mol. The quantitative estimate of drug-likeness (QED) is 0.0800. The Morgan fingerprint density at radius 3 is 2.13 bits per heavy atom. The van der Waals surface area contributed by atoms with Gasteiger partial charge in [-0.3, -0.25) is 9.78 Å². The maximum Gasteiger partial charge on any atom is 0.164 e. The maximum atomic E-state index is 12.2. The van der Waals surface area contributed by atoms with Crippen molar-refractivity contribution in [1.29, 1.82) is 0 Å². The van der Waals surface area contributed by atoms with Gasteiger partial charge in [0.05, 0.1) is 0 Å². The van der Waals surface area contributed by atoms with Gasteiger partial charge in [0.2, 0.25) is 0 Å². The number of thiophene rings is 2. The first-order valence-corrected chi connectivity index (χ1v) is 21.4. The minimum Gasteiger partial charge on any atom is -0.512 e. The van der Waals surface area contributed by atoms with Gasteiger partial charge in [-0.1, -0.05) is 117 Å². The predicted molar refractivity (Wildman–Crippen MR) is 237 cm³/mol. The molecule has 0 aliphatic carbocycles. The molecule has 0 fully saturated rings. The number of pyridine rings is 1. The summed E-state index contributed by atoms with van der Waals surface area (Å²) in [4.78, 5) is 19.8. The molecule has 0 saturated heterocycles. The van der Waals surface area contributed by atoms with E-state index in [9.17, 15) is 9.90 Å². The van der Waals surface area contributed by atoms with Crippen LogP contribution in [-0.4, -0.2) is 15.9 Å². The summed E-state index contributed by atoms with van der Waals surface area (Å²) in [7, 11) is 0. The third-order valence-corrected chi connectivity index (χ3v) is 14.4. The number of rotatable bonds is 11. The molecule has 6 aromatic rings. The van der Waals surface area contributed by atoms with Crippen molar-refractivity contribution in [3.63, 3.8) is 0 Å². The van der Waals surface area contributed by atoms with Crippen LogP contribution in [0.5, 0.6) is 0 Å². The molecule has 0 spiro atoms. The van der Waals surface area contributed by atoms with Crippen LogP contribution in [-0.2, 0) is 36.7 Å². The van der Waals surface area contributed by atoms with Crippen molar-refractivity contribution in [3.05, 3.63) is 101 Å². The second-order valence-corrected chi connectivity index (χ2v) is 19.1. The number of carbonyl (C=O) groups is 1. The summed E-state index contributed by atoms with van der Waals surface area (Å²) in [5.41, 5.74) is 5.69. The van der Waals surface area contributed by atoms with Gasteiger partial charge < -0.3 is 5.11 Å². The number of benzene rings is 3. The number of hydrogen-bond acceptors (Lipinski definition) is 5. The number of nitrogens with zero attached hydrogens (tertiary/aromatic N) is 1.